The summed E-state index contributed by atoms with van der Waals surface area (Å²) in [5, 5.41) is 3.23. The van der Waals surface area contributed by atoms with Gasteiger partial charge in [-0.25, -0.2) is 0 Å². The lowest BCUT2D eigenvalue weighted by Crippen LogP contribution is -2.36. The second kappa shape index (κ2) is 3.78. The van der Waals surface area contributed by atoms with E-state index in [0.29, 0.717) is 16.7 Å². The highest BCUT2D eigenvalue weighted by molar-refractivity contribution is 5.75. The molecule has 15 heavy (non-hydrogen) atoms. The van der Waals surface area contributed by atoms with Gasteiger partial charge in [-0.05, 0) is 30.2 Å². The van der Waals surface area contributed by atoms with Crippen LogP contribution in [0.5, 0.6) is 0 Å². The molecule has 1 aliphatic carbocycles. The number of hydrogen-bond acceptors (Lipinski definition) is 3. The Hall–Kier alpha value is -0.570. The molecule has 3 heteroatoms. The monoisotopic (exact) mass is 213 g/mol. The lowest BCUT2D eigenvalue weighted by atomic mass is 10.0. The van der Waals surface area contributed by atoms with Gasteiger partial charge in [-0.3, -0.25) is 4.79 Å². The van der Waals surface area contributed by atoms with Crippen molar-refractivity contribution in [3.8, 4) is 0 Å². The van der Waals surface area contributed by atoms with Gasteiger partial charge in [0.15, 0.2) is 0 Å². The topological polar surface area (TPSA) is 38.3 Å². The van der Waals surface area contributed by atoms with Crippen LogP contribution in [-0.2, 0) is 9.53 Å². The van der Waals surface area contributed by atoms with Gasteiger partial charge in [0.2, 0.25) is 0 Å². The molecule has 0 aromatic heterocycles. The van der Waals surface area contributed by atoms with E-state index in [2.05, 4.69) is 37.7 Å². The number of nitrogens with one attached hydrogen (secondary N) is 1. The van der Waals surface area contributed by atoms with Crippen molar-refractivity contribution in [1.29, 1.82) is 0 Å². The summed E-state index contributed by atoms with van der Waals surface area (Å²) >= 11 is 0. The van der Waals surface area contributed by atoms with Gasteiger partial charge < -0.3 is 10.1 Å². The molecule has 1 N–H and O–H groups in total. The van der Waals surface area contributed by atoms with E-state index in [1.165, 1.54) is 7.11 Å². The van der Waals surface area contributed by atoms with Crippen LogP contribution in [0.3, 0.4) is 0 Å². The Balaban J connectivity index is 2.38. The standard InChI is InChI=1S/C12H23NO2/c1-8(10(14)15-6)13-7-9-11(2,3)12(9,4)5/h8-9,13H,7H2,1-6H3. The van der Waals surface area contributed by atoms with Gasteiger partial charge in [-0.1, -0.05) is 27.7 Å². The average molecular weight is 213 g/mol. The molecule has 1 rings (SSSR count). The van der Waals surface area contributed by atoms with Crippen molar-refractivity contribution in [2.75, 3.05) is 13.7 Å². The third kappa shape index (κ3) is 2.03. The molecule has 1 unspecified atom stereocenters. The molecule has 88 valence electrons. The number of esters is 1. The Morgan fingerprint density at radius 3 is 2.13 bits per heavy atom. The van der Waals surface area contributed by atoms with Crippen LogP contribution in [0, 0.1) is 16.7 Å². The summed E-state index contributed by atoms with van der Waals surface area (Å²) in [7, 11) is 1.42. The Morgan fingerprint density at radius 1 is 1.33 bits per heavy atom. The van der Waals surface area contributed by atoms with Crippen LogP contribution >= 0.6 is 0 Å². The van der Waals surface area contributed by atoms with Crippen LogP contribution in [-0.4, -0.2) is 25.7 Å². The van der Waals surface area contributed by atoms with Crippen molar-refractivity contribution in [3.63, 3.8) is 0 Å². The van der Waals surface area contributed by atoms with E-state index < -0.39 is 0 Å². The molecule has 0 radical (unpaired) electrons. The minimum Gasteiger partial charge on any atom is -0.468 e. The Labute approximate surface area is 92.6 Å². The summed E-state index contributed by atoms with van der Waals surface area (Å²) in [6.07, 6.45) is 0. The quantitative estimate of drug-likeness (QED) is 0.724. The fourth-order valence-corrected chi connectivity index (χ4v) is 2.40. The summed E-state index contributed by atoms with van der Waals surface area (Å²) in [6.45, 7) is 11.8. The highest BCUT2D eigenvalue weighted by Gasteiger charge is 2.63. The number of methoxy groups -OCH3 is 1. The van der Waals surface area contributed by atoms with Gasteiger partial charge in [0.25, 0.3) is 0 Å². The molecular weight excluding hydrogens is 190 g/mol. The van der Waals surface area contributed by atoms with Crippen molar-refractivity contribution in [1.82, 2.24) is 5.32 Å². The maximum atomic E-state index is 11.2. The summed E-state index contributed by atoms with van der Waals surface area (Å²) < 4.78 is 4.67. The minimum atomic E-state index is -0.206. The van der Waals surface area contributed by atoms with Crippen LogP contribution in [0.1, 0.15) is 34.6 Å². The first kappa shape index (κ1) is 12.5. The lowest BCUT2D eigenvalue weighted by molar-refractivity contribution is -0.142. The molecule has 1 aliphatic rings. The first-order valence-corrected chi connectivity index (χ1v) is 5.56. The lowest BCUT2D eigenvalue weighted by Gasteiger charge is -2.12. The molecule has 0 aromatic rings. The molecule has 1 fully saturated rings. The molecule has 0 spiro atoms. The van der Waals surface area contributed by atoms with Crippen LogP contribution < -0.4 is 5.32 Å². The van der Waals surface area contributed by atoms with E-state index in [0.717, 1.165) is 6.54 Å². The van der Waals surface area contributed by atoms with Gasteiger partial charge >= 0.3 is 5.97 Å². The first-order chi connectivity index (χ1) is 6.75. The number of carbonyl (C=O) groups excluding carboxylic acids is 1. The van der Waals surface area contributed by atoms with E-state index in [9.17, 15) is 4.79 Å². The number of carbonyl (C=O) groups is 1. The summed E-state index contributed by atoms with van der Waals surface area (Å²) in [5.74, 6) is 0.448. The SMILES string of the molecule is COC(=O)C(C)NCC1C(C)(C)C1(C)C. The molecule has 0 amide bonds. The van der Waals surface area contributed by atoms with Crippen molar-refractivity contribution < 1.29 is 9.53 Å². The summed E-state index contributed by atoms with van der Waals surface area (Å²) in [5.41, 5.74) is 0.742. The third-order valence-electron chi connectivity index (χ3n) is 4.50. The zero-order chi connectivity index (χ0) is 11.9. The van der Waals surface area contributed by atoms with Gasteiger partial charge in [-0.2, -0.15) is 0 Å². The fourth-order valence-electron chi connectivity index (χ4n) is 2.40. The zero-order valence-corrected chi connectivity index (χ0v) is 10.7. The fraction of sp³-hybridized carbons (Fsp3) is 0.917. The molecule has 1 saturated carbocycles. The van der Waals surface area contributed by atoms with Crippen LogP contribution in [0.25, 0.3) is 0 Å². The second-order valence-electron chi connectivity index (χ2n) is 5.65. The van der Waals surface area contributed by atoms with Crippen molar-refractivity contribution in [3.05, 3.63) is 0 Å². The Morgan fingerprint density at radius 2 is 1.80 bits per heavy atom. The first-order valence-electron chi connectivity index (χ1n) is 5.56. The predicted molar refractivity (Wildman–Crippen MR) is 60.5 cm³/mol. The molecule has 3 nitrogen and oxygen atoms in total. The van der Waals surface area contributed by atoms with E-state index in [1.54, 1.807) is 0 Å². The van der Waals surface area contributed by atoms with E-state index >= 15 is 0 Å². The molecule has 0 saturated heterocycles. The van der Waals surface area contributed by atoms with Crippen molar-refractivity contribution in [2.24, 2.45) is 16.7 Å². The van der Waals surface area contributed by atoms with Crippen molar-refractivity contribution >= 4 is 5.97 Å². The summed E-state index contributed by atoms with van der Waals surface area (Å²) in [6, 6.07) is -0.206. The van der Waals surface area contributed by atoms with Crippen LogP contribution in [0.2, 0.25) is 0 Å². The maximum absolute atomic E-state index is 11.2. The highest BCUT2D eigenvalue weighted by atomic mass is 16.5. The Bertz CT molecular complexity index is 244. The van der Waals surface area contributed by atoms with E-state index in [1.807, 2.05) is 6.92 Å². The zero-order valence-electron chi connectivity index (χ0n) is 10.7. The predicted octanol–water partition coefficient (Wildman–Crippen LogP) is 1.82. The summed E-state index contributed by atoms with van der Waals surface area (Å²) in [4.78, 5) is 11.2. The van der Waals surface area contributed by atoms with Gasteiger partial charge in [0.1, 0.15) is 6.04 Å². The van der Waals surface area contributed by atoms with E-state index in [4.69, 9.17) is 0 Å². The molecule has 1 atom stereocenters. The van der Waals surface area contributed by atoms with Gasteiger partial charge in [0.05, 0.1) is 7.11 Å². The smallest absolute Gasteiger partial charge is 0.322 e. The molecule has 0 heterocycles. The molecule has 0 bridgehead atoms. The second-order valence-corrected chi connectivity index (χ2v) is 5.65. The average Bonchev–Trinajstić information content (AvgIpc) is 2.53. The Kier molecular flexibility index (Phi) is 3.15. The normalized spacial score (nSPS) is 24.7. The maximum Gasteiger partial charge on any atom is 0.322 e. The molecule has 0 aromatic carbocycles. The minimum absolute atomic E-state index is 0.189. The molecular formula is C12H23NO2. The molecule has 0 aliphatic heterocycles. The largest absolute Gasteiger partial charge is 0.468 e. The number of hydrogen-bond donors (Lipinski definition) is 1. The van der Waals surface area contributed by atoms with Crippen molar-refractivity contribution in [2.45, 2.75) is 40.7 Å². The highest BCUT2D eigenvalue weighted by Crippen LogP contribution is 2.67. The van der Waals surface area contributed by atoms with Gasteiger partial charge in [0, 0.05) is 0 Å². The van der Waals surface area contributed by atoms with Gasteiger partial charge in [-0.15, -0.1) is 0 Å². The number of rotatable bonds is 4. The number of ether oxygens (including phenoxy) is 1. The van der Waals surface area contributed by atoms with E-state index in [-0.39, 0.29) is 12.0 Å². The van der Waals surface area contributed by atoms with Crippen LogP contribution in [0.4, 0.5) is 0 Å². The van der Waals surface area contributed by atoms with Crippen LogP contribution in [0.15, 0.2) is 0 Å². The third-order valence-corrected chi connectivity index (χ3v) is 4.50.